The van der Waals surface area contributed by atoms with Gasteiger partial charge in [-0.25, -0.2) is 4.98 Å². The lowest BCUT2D eigenvalue weighted by atomic mass is 10.3. The van der Waals surface area contributed by atoms with Crippen LogP contribution in [0.25, 0.3) is 0 Å². The molecule has 0 aliphatic heterocycles. The zero-order valence-corrected chi connectivity index (χ0v) is 18.1. The lowest BCUT2D eigenvalue weighted by Crippen LogP contribution is -2.41. The first-order valence-corrected chi connectivity index (χ1v) is 8.65. The molecule has 0 fully saturated rings. The van der Waals surface area contributed by atoms with E-state index in [1.165, 1.54) is 4.88 Å². The molecule has 138 valence electrons. The number of rotatable bonds is 7. The van der Waals surface area contributed by atoms with Crippen LogP contribution >= 0.6 is 35.3 Å². The number of hydrogen-bond acceptors (Lipinski definition) is 5. The van der Waals surface area contributed by atoms with Crippen molar-refractivity contribution in [3.8, 4) is 11.5 Å². The molecule has 0 aliphatic rings. The third-order valence-electron chi connectivity index (χ3n) is 3.44. The first kappa shape index (κ1) is 21.5. The highest BCUT2D eigenvalue weighted by atomic mass is 127. The minimum absolute atomic E-state index is 0. The van der Waals surface area contributed by atoms with Crippen LogP contribution in [0.15, 0.2) is 34.8 Å². The maximum atomic E-state index is 5.92. The highest BCUT2D eigenvalue weighted by Crippen LogP contribution is 2.26. The molecule has 8 heteroatoms. The summed E-state index contributed by atoms with van der Waals surface area (Å²) in [6.45, 7) is 5.34. The number of aromatic nitrogens is 1. The van der Waals surface area contributed by atoms with E-state index in [0.717, 1.165) is 23.2 Å². The maximum Gasteiger partial charge on any atom is 0.191 e. The number of thiazole rings is 1. The van der Waals surface area contributed by atoms with Gasteiger partial charge in [0.2, 0.25) is 0 Å². The fraction of sp³-hybridized carbons (Fsp3) is 0.412. The summed E-state index contributed by atoms with van der Waals surface area (Å²) in [6.07, 6.45) is -0.0370. The highest BCUT2D eigenvalue weighted by molar-refractivity contribution is 14.0. The number of guanidine groups is 1. The van der Waals surface area contributed by atoms with Gasteiger partial charge < -0.3 is 20.1 Å². The van der Waals surface area contributed by atoms with Crippen molar-refractivity contribution in [3.05, 3.63) is 40.3 Å². The number of nitrogens with one attached hydrogen (secondary N) is 2. The first-order valence-electron chi connectivity index (χ1n) is 7.77. The van der Waals surface area contributed by atoms with E-state index in [9.17, 15) is 0 Å². The largest absolute Gasteiger partial charge is 0.493 e. The Morgan fingerprint density at radius 3 is 2.60 bits per heavy atom. The summed E-state index contributed by atoms with van der Waals surface area (Å²) in [5.74, 6) is 2.20. The fourth-order valence-electron chi connectivity index (χ4n) is 2.10. The Balaban J connectivity index is 0.00000312. The van der Waals surface area contributed by atoms with Gasteiger partial charge in [-0.3, -0.25) is 4.99 Å². The molecule has 2 aromatic rings. The predicted octanol–water partition coefficient (Wildman–Crippen LogP) is 3.21. The molecule has 6 nitrogen and oxygen atoms in total. The second-order valence-electron chi connectivity index (χ2n) is 5.25. The Bertz CT molecular complexity index is 678. The van der Waals surface area contributed by atoms with E-state index in [1.54, 1.807) is 25.5 Å². The van der Waals surface area contributed by atoms with Crippen molar-refractivity contribution in [2.45, 2.75) is 26.5 Å². The Hall–Kier alpha value is -1.55. The zero-order chi connectivity index (χ0) is 17.4. The van der Waals surface area contributed by atoms with Crippen molar-refractivity contribution in [1.82, 2.24) is 15.6 Å². The molecule has 0 radical (unpaired) electrons. The number of ether oxygens (including phenoxy) is 2. The molecular formula is C17H25IN4O2S. The minimum atomic E-state index is -0.0370. The second-order valence-corrected chi connectivity index (χ2v) is 6.19. The molecule has 0 saturated carbocycles. The van der Waals surface area contributed by atoms with E-state index in [4.69, 9.17) is 9.47 Å². The van der Waals surface area contributed by atoms with E-state index in [2.05, 4.69) is 20.6 Å². The van der Waals surface area contributed by atoms with Crippen LogP contribution in [-0.4, -0.2) is 37.7 Å². The molecule has 1 atom stereocenters. The standard InChI is InChI=1S/C17H24N4O2S.HI/c1-12(23-15-8-6-5-7-14(15)22-4)9-19-17(18-3)20-10-16-13(2)21-11-24-16;/h5-8,11-12H,9-10H2,1-4H3,(H2,18,19,20);1H. The van der Waals surface area contributed by atoms with Crippen molar-refractivity contribution in [1.29, 1.82) is 0 Å². The number of halogens is 1. The van der Waals surface area contributed by atoms with Gasteiger partial charge in [0.1, 0.15) is 6.10 Å². The van der Waals surface area contributed by atoms with Gasteiger partial charge in [0, 0.05) is 11.9 Å². The van der Waals surface area contributed by atoms with Gasteiger partial charge in [0.15, 0.2) is 17.5 Å². The van der Waals surface area contributed by atoms with Crippen LogP contribution in [0.5, 0.6) is 11.5 Å². The van der Waals surface area contributed by atoms with Gasteiger partial charge in [0.25, 0.3) is 0 Å². The van der Waals surface area contributed by atoms with Crippen LogP contribution in [0.2, 0.25) is 0 Å². The number of nitrogens with zero attached hydrogens (tertiary/aromatic N) is 2. The SMILES string of the molecule is CN=C(NCc1scnc1C)NCC(C)Oc1ccccc1OC.I. The second kappa shape index (κ2) is 11.1. The van der Waals surface area contributed by atoms with E-state index in [0.29, 0.717) is 13.1 Å². The lowest BCUT2D eigenvalue weighted by Gasteiger charge is -2.19. The van der Waals surface area contributed by atoms with Crippen LogP contribution in [0.1, 0.15) is 17.5 Å². The molecule has 0 aliphatic carbocycles. The smallest absolute Gasteiger partial charge is 0.191 e. The number of benzene rings is 1. The first-order chi connectivity index (χ1) is 11.6. The summed E-state index contributed by atoms with van der Waals surface area (Å²) in [6, 6.07) is 7.63. The molecule has 0 bridgehead atoms. The van der Waals surface area contributed by atoms with Crippen LogP contribution in [0, 0.1) is 6.92 Å². The predicted molar refractivity (Wildman–Crippen MR) is 114 cm³/mol. The van der Waals surface area contributed by atoms with Crippen LogP contribution in [-0.2, 0) is 6.54 Å². The van der Waals surface area contributed by atoms with Crippen LogP contribution in [0.4, 0.5) is 0 Å². The Morgan fingerprint density at radius 1 is 1.28 bits per heavy atom. The number of para-hydroxylation sites is 2. The molecule has 0 saturated heterocycles. The summed E-state index contributed by atoms with van der Waals surface area (Å²) in [7, 11) is 3.39. The normalized spacial score (nSPS) is 12.1. The quantitative estimate of drug-likeness (QED) is 0.365. The molecule has 0 spiro atoms. The van der Waals surface area contributed by atoms with Crippen molar-refractivity contribution in [2.75, 3.05) is 20.7 Å². The molecule has 1 aromatic heterocycles. The van der Waals surface area contributed by atoms with E-state index in [-0.39, 0.29) is 30.1 Å². The van der Waals surface area contributed by atoms with Crippen molar-refractivity contribution < 1.29 is 9.47 Å². The number of methoxy groups -OCH3 is 1. The molecule has 1 heterocycles. The van der Waals surface area contributed by atoms with Crippen molar-refractivity contribution in [3.63, 3.8) is 0 Å². The number of aryl methyl sites for hydroxylation is 1. The summed E-state index contributed by atoms with van der Waals surface area (Å²) in [4.78, 5) is 9.68. The van der Waals surface area contributed by atoms with Gasteiger partial charge in [-0.05, 0) is 26.0 Å². The topological polar surface area (TPSA) is 67.8 Å². The van der Waals surface area contributed by atoms with Gasteiger partial charge in [-0.2, -0.15) is 0 Å². The van der Waals surface area contributed by atoms with Gasteiger partial charge in [-0.15, -0.1) is 35.3 Å². The average molecular weight is 476 g/mol. The van der Waals surface area contributed by atoms with Crippen molar-refractivity contribution in [2.24, 2.45) is 4.99 Å². The van der Waals surface area contributed by atoms with Crippen LogP contribution < -0.4 is 20.1 Å². The summed E-state index contributed by atoms with van der Waals surface area (Å²) >= 11 is 1.64. The molecule has 2 rings (SSSR count). The Kier molecular flexibility index (Phi) is 9.58. The molecule has 25 heavy (non-hydrogen) atoms. The van der Waals surface area contributed by atoms with Gasteiger partial charge in [0.05, 0.1) is 31.4 Å². The highest BCUT2D eigenvalue weighted by Gasteiger charge is 2.10. The lowest BCUT2D eigenvalue weighted by molar-refractivity contribution is 0.213. The van der Waals surface area contributed by atoms with Gasteiger partial charge in [-0.1, -0.05) is 12.1 Å². The summed E-state index contributed by atoms with van der Waals surface area (Å²) in [5.41, 5.74) is 2.90. The van der Waals surface area contributed by atoms with Gasteiger partial charge >= 0.3 is 0 Å². The van der Waals surface area contributed by atoms with E-state index < -0.39 is 0 Å². The third-order valence-corrected chi connectivity index (χ3v) is 4.37. The molecule has 1 aromatic carbocycles. The molecule has 2 N–H and O–H groups in total. The zero-order valence-electron chi connectivity index (χ0n) is 14.9. The van der Waals surface area contributed by atoms with E-state index in [1.807, 2.05) is 43.6 Å². The number of hydrogen-bond donors (Lipinski definition) is 2. The molecular weight excluding hydrogens is 451 g/mol. The monoisotopic (exact) mass is 476 g/mol. The molecule has 1 unspecified atom stereocenters. The Morgan fingerprint density at radius 2 is 2.00 bits per heavy atom. The van der Waals surface area contributed by atoms with Crippen LogP contribution in [0.3, 0.4) is 0 Å². The van der Waals surface area contributed by atoms with E-state index >= 15 is 0 Å². The summed E-state index contributed by atoms with van der Waals surface area (Å²) < 4.78 is 11.2. The fourth-order valence-corrected chi connectivity index (χ4v) is 2.81. The average Bonchev–Trinajstić information content (AvgIpc) is 3.00. The number of aliphatic imine (C=N–C) groups is 1. The van der Waals surface area contributed by atoms with Crippen molar-refractivity contribution >= 4 is 41.3 Å². The third kappa shape index (κ3) is 6.69. The maximum absolute atomic E-state index is 5.92. The molecule has 0 amide bonds. The minimum Gasteiger partial charge on any atom is -0.493 e. The summed E-state index contributed by atoms with van der Waals surface area (Å²) in [5, 5.41) is 6.55. The Labute approximate surface area is 170 Å².